The third-order valence-corrected chi connectivity index (χ3v) is 9.79. The molecule has 298 valence electrons. The SMILES string of the molecule is CCCCC/C=C\C/C=C\CCCCCCCC(=O)OC(COC(=O)CCCCCCCCC/C=C\CCCCCCCC)COP(=O)(O)OC. The second-order valence-electron chi connectivity index (χ2n) is 13.8. The van der Waals surface area contributed by atoms with Crippen LogP contribution >= 0.6 is 7.82 Å². The molecule has 0 bridgehead atoms. The maximum atomic E-state index is 12.5. The zero-order valence-corrected chi connectivity index (χ0v) is 33.9. The summed E-state index contributed by atoms with van der Waals surface area (Å²) in [6, 6.07) is 0. The molecule has 0 aliphatic carbocycles. The minimum absolute atomic E-state index is 0.228. The van der Waals surface area contributed by atoms with Crippen LogP contribution in [0, 0.1) is 0 Å². The molecule has 0 saturated carbocycles. The van der Waals surface area contributed by atoms with Gasteiger partial charge in [0.2, 0.25) is 0 Å². The fourth-order valence-corrected chi connectivity index (χ4v) is 6.08. The Balaban J connectivity index is 4.04. The summed E-state index contributed by atoms with van der Waals surface area (Å²) in [7, 11) is -3.21. The molecule has 0 aliphatic rings. The summed E-state index contributed by atoms with van der Waals surface area (Å²) in [6.07, 6.45) is 43.3. The van der Waals surface area contributed by atoms with Crippen molar-refractivity contribution >= 4 is 19.8 Å². The van der Waals surface area contributed by atoms with Gasteiger partial charge in [-0.25, -0.2) is 4.57 Å². The van der Waals surface area contributed by atoms with Gasteiger partial charge in [0, 0.05) is 20.0 Å². The summed E-state index contributed by atoms with van der Waals surface area (Å²) in [4.78, 5) is 34.4. The fourth-order valence-electron chi connectivity index (χ4n) is 5.62. The molecule has 1 N–H and O–H groups in total. The van der Waals surface area contributed by atoms with E-state index in [4.69, 9.17) is 14.0 Å². The van der Waals surface area contributed by atoms with Crippen molar-refractivity contribution in [2.75, 3.05) is 20.3 Å². The summed E-state index contributed by atoms with van der Waals surface area (Å²) < 4.78 is 31.9. The number of rotatable bonds is 38. The molecule has 0 fully saturated rings. The summed E-state index contributed by atoms with van der Waals surface area (Å²) in [5, 5.41) is 0. The van der Waals surface area contributed by atoms with E-state index >= 15 is 0 Å². The average Bonchev–Trinajstić information content (AvgIpc) is 3.12. The standard InChI is InChI=1S/C42H77O8P/c1-4-6-8-10-12-14-16-18-20-21-23-24-26-28-30-32-34-36-41(43)48-38-40(39-49-51(45,46)47-3)50-42(44)37-35-33-31-29-27-25-22-19-17-15-13-11-9-7-5-2/h13,15,18-20,22,40H,4-12,14,16-17,21,23-39H2,1-3H3,(H,45,46)/b15-13-,20-18-,22-19-. The second-order valence-corrected chi connectivity index (χ2v) is 15.3. The van der Waals surface area contributed by atoms with Gasteiger partial charge in [-0.2, -0.15) is 0 Å². The number of hydrogen-bond acceptors (Lipinski definition) is 7. The highest BCUT2D eigenvalue weighted by Gasteiger charge is 2.24. The van der Waals surface area contributed by atoms with E-state index in [2.05, 4.69) is 54.8 Å². The highest BCUT2D eigenvalue weighted by Crippen LogP contribution is 2.42. The van der Waals surface area contributed by atoms with E-state index in [1.165, 1.54) is 103 Å². The van der Waals surface area contributed by atoms with Crippen LogP contribution in [-0.4, -0.2) is 43.3 Å². The number of ether oxygens (including phenoxy) is 2. The van der Waals surface area contributed by atoms with Crippen LogP contribution in [0.4, 0.5) is 0 Å². The van der Waals surface area contributed by atoms with Gasteiger partial charge in [-0.1, -0.05) is 147 Å². The zero-order chi connectivity index (χ0) is 37.5. The predicted octanol–water partition coefficient (Wildman–Crippen LogP) is 12.8. The van der Waals surface area contributed by atoms with Crippen molar-refractivity contribution in [1.29, 1.82) is 0 Å². The van der Waals surface area contributed by atoms with Crippen molar-refractivity contribution in [1.82, 2.24) is 0 Å². The second kappa shape index (κ2) is 38.0. The van der Waals surface area contributed by atoms with Crippen molar-refractivity contribution in [2.45, 2.75) is 200 Å². The van der Waals surface area contributed by atoms with Crippen LogP contribution in [0.3, 0.4) is 0 Å². The Morgan fingerprint density at radius 1 is 0.549 bits per heavy atom. The van der Waals surface area contributed by atoms with E-state index < -0.39 is 26.5 Å². The number of hydrogen-bond donors (Lipinski definition) is 1. The molecule has 0 spiro atoms. The molecule has 0 radical (unpaired) electrons. The Labute approximate surface area is 313 Å². The van der Waals surface area contributed by atoms with Gasteiger partial charge in [0.25, 0.3) is 0 Å². The molecule has 51 heavy (non-hydrogen) atoms. The number of unbranched alkanes of at least 4 members (excludes halogenated alkanes) is 21. The van der Waals surface area contributed by atoms with Crippen molar-refractivity contribution in [3.63, 3.8) is 0 Å². The van der Waals surface area contributed by atoms with Gasteiger partial charge in [-0.05, 0) is 70.6 Å². The third-order valence-electron chi connectivity index (χ3n) is 8.86. The van der Waals surface area contributed by atoms with E-state index in [9.17, 15) is 19.0 Å². The molecule has 0 aromatic heterocycles. The molecule has 0 aromatic rings. The molecule has 0 aromatic carbocycles. The predicted molar refractivity (Wildman–Crippen MR) is 212 cm³/mol. The van der Waals surface area contributed by atoms with E-state index in [0.717, 1.165) is 64.9 Å². The molecule has 0 heterocycles. The van der Waals surface area contributed by atoms with Gasteiger partial charge in [-0.15, -0.1) is 0 Å². The molecule has 0 aliphatic heterocycles. The average molecular weight is 741 g/mol. The lowest BCUT2D eigenvalue weighted by Crippen LogP contribution is -2.29. The number of phosphoric ester groups is 1. The Morgan fingerprint density at radius 2 is 0.941 bits per heavy atom. The highest BCUT2D eigenvalue weighted by molar-refractivity contribution is 7.47. The van der Waals surface area contributed by atoms with Gasteiger partial charge >= 0.3 is 19.8 Å². The lowest BCUT2D eigenvalue weighted by atomic mass is 10.1. The Bertz CT molecular complexity index is 932. The van der Waals surface area contributed by atoms with E-state index in [1.807, 2.05) is 0 Å². The lowest BCUT2D eigenvalue weighted by molar-refractivity contribution is -0.161. The monoisotopic (exact) mass is 741 g/mol. The van der Waals surface area contributed by atoms with Crippen LogP contribution < -0.4 is 0 Å². The van der Waals surface area contributed by atoms with Gasteiger partial charge in [0.05, 0.1) is 6.61 Å². The number of allylic oxidation sites excluding steroid dienone is 6. The van der Waals surface area contributed by atoms with Crippen LogP contribution in [0.25, 0.3) is 0 Å². The quantitative estimate of drug-likeness (QED) is 0.0288. The first-order valence-electron chi connectivity index (χ1n) is 20.7. The van der Waals surface area contributed by atoms with Crippen molar-refractivity contribution in [3.8, 4) is 0 Å². The number of phosphoric acid groups is 1. The van der Waals surface area contributed by atoms with Crippen molar-refractivity contribution in [3.05, 3.63) is 36.5 Å². The van der Waals surface area contributed by atoms with Crippen LogP contribution in [0.5, 0.6) is 0 Å². The van der Waals surface area contributed by atoms with Gasteiger partial charge in [-0.3, -0.25) is 18.6 Å². The first-order chi connectivity index (χ1) is 24.8. The fraction of sp³-hybridized carbons (Fsp3) is 0.810. The molecule has 0 rings (SSSR count). The van der Waals surface area contributed by atoms with E-state index in [1.54, 1.807) is 0 Å². The lowest BCUT2D eigenvalue weighted by Gasteiger charge is -2.19. The first kappa shape index (κ1) is 49.3. The molecule has 9 heteroatoms. The van der Waals surface area contributed by atoms with Crippen molar-refractivity contribution < 1.29 is 37.6 Å². The van der Waals surface area contributed by atoms with Crippen LogP contribution in [0.2, 0.25) is 0 Å². The maximum Gasteiger partial charge on any atom is 0.472 e. The molecular weight excluding hydrogens is 663 g/mol. The molecule has 2 atom stereocenters. The van der Waals surface area contributed by atoms with E-state index in [0.29, 0.717) is 6.42 Å². The number of carbonyl (C=O) groups is 2. The molecule has 8 nitrogen and oxygen atoms in total. The molecular formula is C42H77O8P. The number of carbonyl (C=O) groups excluding carboxylic acids is 2. The van der Waals surface area contributed by atoms with Crippen LogP contribution in [0.15, 0.2) is 36.5 Å². The normalized spacial score (nSPS) is 13.7. The minimum atomic E-state index is -4.26. The summed E-state index contributed by atoms with van der Waals surface area (Å²) in [6.45, 7) is 3.84. The Hall–Kier alpha value is -1.73. The minimum Gasteiger partial charge on any atom is -0.462 e. The summed E-state index contributed by atoms with van der Waals surface area (Å²) >= 11 is 0. The van der Waals surface area contributed by atoms with Gasteiger partial charge < -0.3 is 14.4 Å². The summed E-state index contributed by atoms with van der Waals surface area (Å²) in [5.74, 6) is -0.823. The smallest absolute Gasteiger partial charge is 0.462 e. The maximum absolute atomic E-state index is 12.5. The number of esters is 2. The first-order valence-corrected chi connectivity index (χ1v) is 22.2. The molecule has 0 saturated heterocycles. The zero-order valence-electron chi connectivity index (χ0n) is 33.0. The largest absolute Gasteiger partial charge is 0.472 e. The van der Waals surface area contributed by atoms with Crippen LogP contribution in [-0.2, 0) is 32.7 Å². The van der Waals surface area contributed by atoms with Crippen molar-refractivity contribution in [2.24, 2.45) is 0 Å². The Morgan fingerprint density at radius 3 is 1.43 bits per heavy atom. The van der Waals surface area contributed by atoms with Gasteiger partial charge in [0.15, 0.2) is 6.10 Å². The Kier molecular flexibility index (Phi) is 36.7. The molecule has 0 amide bonds. The highest BCUT2D eigenvalue weighted by atomic mass is 31.2. The van der Waals surface area contributed by atoms with Gasteiger partial charge in [0.1, 0.15) is 6.61 Å². The van der Waals surface area contributed by atoms with Crippen LogP contribution in [0.1, 0.15) is 194 Å². The third kappa shape index (κ3) is 37.8. The summed E-state index contributed by atoms with van der Waals surface area (Å²) in [5.41, 5.74) is 0. The topological polar surface area (TPSA) is 108 Å². The van der Waals surface area contributed by atoms with E-state index in [-0.39, 0.29) is 25.4 Å². The molecule has 2 unspecified atom stereocenters.